The second kappa shape index (κ2) is 6.52. The van der Waals surface area contributed by atoms with Crippen molar-refractivity contribution in [1.82, 2.24) is 5.32 Å². The van der Waals surface area contributed by atoms with Crippen molar-refractivity contribution in [2.45, 2.75) is 38.6 Å². The fraction of sp³-hybridized carbons (Fsp3) is 0.500. The normalized spacial score (nSPS) is 14.6. The number of hydrogen-bond acceptors (Lipinski definition) is 3. The fourth-order valence-electron chi connectivity index (χ4n) is 1.54. The number of halogens is 1. The molecule has 0 spiro atoms. The molecule has 2 atom stereocenters. The van der Waals surface area contributed by atoms with Gasteiger partial charge in [0, 0.05) is 0 Å². The van der Waals surface area contributed by atoms with Crippen molar-refractivity contribution in [2.75, 3.05) is 6.61 Å². The summed E-state index contributed by atoms with van der Waals surface area (Å²) in [5.74, 6) is 0. The van der Waals surface area contributed by atoms with Crippen LogP contribution in [0.3, 0.4) is 0 Å². The second-order valence-electron chi connectivity index (χ2n) is 5.25. The summed E-state index contributed by atoms with van der Waals surface area (Å²) in [6.07, 6.45) is -2.23. The summed E-state index contributed by atoms with van der Waals surface area (Å²) in [5, 5.41) is 11.5. The van der Waals surface area contributed by atoms with Crippen molar-refractivity contribution >= 4 is 6.09 Å². The number of rotatable bonds is 4. The largest absolute Gasteiger partial charge is 0.444 e. The molecule has 0 heterocycles. The Kier molecular flexibility index (Phi) is 5.30. The molecule has 19 heavy (non-hydrogen) atoms. The molecular weight excluding hydrogens is 249 g/mol. The quantitative estimate of drug-likeness (QED) is 0.883. The smallest absolute Gasteiger partial charge is 0.408 e. The van der Waals surface area contributed by atoms with Crippen LogP contribution in [0.15, 0.2) is 30.3 Å². The number of hydrogen-bond donors (Lipinski definition) is 2. The van der Waals surface area contributed by atoms with Gasteiger partial charge in [0.1, 0.15) is 11.8 Å². The Morgan fingerprint density at radius 1 is 1.37 bits per heavy atom. The monoisotopic (exact) mass is 269 g/mol. The molecule has 1 rings (SSSR count). The molecule has 0 radical (unpaired) electrons. The molecule has 1 amide bonds. The molecule has 0 unspecified atom stereocenters. The number of aliphatic hydroxyl groups excluding tert-OH is 1. The maximum atomic E-state index is 14.2. The number of ether oxygens (including phenoxy) is 1. The molecule has 2 N–H and O–H groups in total. The number of carbonyl (C=O) groups is 1. The third kappa shape index (κ3) is 5.26. The molecule has 0 bridgehead atoms. The maximum Gasteiger partial charge on any atom is 0.408 e. The van der Waals surface area contributed by atoms with Crippen molar-refractivity contribution < 1.29 is 19.0 Å². The van der Waals surface area contributed by atoms with E-state index in [1.54, 1.807) is 51.1 Å². The van der Waals surface area contributed by atoms with Crippen LogP contribution in [0.4, 0.5) is 9.18 Å². The first-order valence-corrected chi connectivity index (χ1v) is 6.13. The number of aliphatic hydroxyl groups is 1. The van der Waals surface area contributed by atoms with E-state index in [1.165, 1.54) is 0 Å². The predicted molar refractivity (Wildman–Crippen MR) is 70.5 cm³/mol. The summed E-state index contributed by atoms with van der Waals surface area (Å²) in [6, 6.07) is 7.34. The highest BCUT2D eigenvalue weighted by molar-refractivity contribution is 5.68. The number of amides is 1. The lowest BCUT2D eigenvalue weighted by atomic mass is 10.0. The molecule has 0 aliphatic heterocycles. The molecule has 106 valence electrons. The number of carbonyl (C=O) groups excluding carboxylic acids is 1. The van der Waals surface area contributed by atoms with E-state index in [1.807, 2.05) is 0 Å². The zero-order valence-electron chi connectivity index (χ0n) is 11.4. The summed E-state index contributed by atoms with van der Waals surface area (Å²) >= 11 is 0. The van der Waals surface area contributed by atoms with Crippen LogP contribution < -0.4 is 5.32 Å². The Bertz CT molecular complexity index is 403. The first kappa shape index (κ1) is 15.4. The van der Waals surface area contributed by atoms with Crippen molar-refractivity contribution in [3.8, 4) is 0 Å². The minimum atomic E-state index is -1.49. The summed E-state index contributed by atoms with van der Waals surface area (Å²) < 4.78 is 19.2. The van der Waals surface area contributed by atoms with Crippen molar-refractivity contribution in [3.05, 3.63) is 35.9 Å². The Hall–Kier alpha value is -1.62. The van der Waals surface area contributed by atoms with Crippen LogP contribution >= 0.6 is 0 Å². The van der Waals surface area contributed by atoms with E-state index >= 15 is 0 Å². The van der Waals surface area contributed by atoms with Crippen LogP contribution in [-0.2, 0) is 4.74 Å². The summed E-state index contributed by atoms with van der Waals surface area (Å²) in [5.41, 5.74) is -0.263. The van der Waals surface area contributed by atoms with E-state index in [0.717, 1.165) is 0 Å². The minimum absolute atomic E-state index is 0.401. The van der Waals surface area contributed by atoms with Crippen molar-refractivity contribution in [3.63, 3.8) is 0 Å². The van der Waals surface area contributed by atoms with Gasteiger partial charge in [-0.05, 0) is 26.3 Å². The molecule has 1 aromatic carbocycles. The van der Waals surface area contributed by atoms with Gasteiger partial charge in [0.05, 0.1) is 12.6 Å². The molecule has 0 aliphatic rings. The molecule has 0 saturated carbocycles. The van der Waals surface area contributed by atoms with Crippen LogP contribution in [0.5, 0.6) is 0 Å². The zero-order chi connectivity index (χ0) is 14.5. The third-order valence-electron chi connectivity index (χ3n) is 2.37. The highest BCUT2D eigenvalue weighted by Crippen LogP contribution is 2.21. The Morgan fingerprint density at radius 2 is 1.95 bits per heavy atom. The number of nitrogens with one attached hydrogen (secondary N) is 1. The number of alkyl halides is 1. The molecule has 0 fully saturated rings. The molecular formula is C14H20FNO3. The van der Waals surface area contributed by atoms with E-state index in [9.17, 15) is 14.3 Å². The fourth-order valence-corrected chi connectivity index (χ4v) is 1.54. The third-order valence-corrected chi connectivity index (χ3v) is 2.37. The van der Waals surface area contributed by atoms with Gasteiger partial charge in [0.15, 0.2) is 0 Å². The van der Waals surface area contributed by atoms with Crippen LogP contribution in [0.2, 0.25) is 0 Å². The van der Waals surface area contributed by atoms with Gasteiger partial charge in [-0.25, -0.2) is 9.18 Å². The van der Waals surface area contributed by atoms with Gasteiger partial charge in [-0.3, -0.25) is 0 Å². The topological polar surface area (TPSA) is 58.6 Å². The van der Waals surface area contributed by atoms with Crippen LogP contribution in [0.1, 0.15) is 32.5 Å². The number of alkyl carbamates (subject to hydrolysis) is 1. The lowest BCUT2D eigenvalue weighted by Gasteiger charge is -2.24. The molecule has 0 aliphatic carbocycles. The summed E-state index contributed by atoms with van der Waals surface area (Å²) in [7, 11) is 0. The first-order chi connectivity index (χ1) is 8.83. The maximum absolute atomic E-state index is 14.2. The zero-order valence-corrected chi connectivity index (χ0v) is 11.4. The Balaban J connectivity index is 2.66. The van der Waals surface area contributed by atoms with E-state index in [2.05, 4.69) is 5.32 Å². The van der Waals surface area contributed by atoms with E-state index in [-0.39, 0.29) is 0 Å². The predicted octanol–water partition coefficient (Wildman–Crippen LogP) is 2.58. The van der Waals surface area contributed by atoms with Crippen LogP contribution in [-0.4, -0.2) is 29.4 Å². The second-order valence-corrected chi connectivity index (χ2v) is 5.25. The lowest BCUT2D eigenvalue weighted by molar-refractivity contribution is 0.0434. The molecule has 0 aromatic heterocycles. The first-order valence-electron chi connectivity index (χ1n) is 6.13. The Labute approximate surface area is 112 Å². The summed E-state index contributed by atoms with van der Waals surface area (Å²) in [4.78, 5) is 11.6. The van der Waals surface area contributed by atoms with Gasteiger partial charge in [-0.2, -0.15) is 0 Å². The van der Waals surface area contributed by atoms with Gasteiger partial charge in [0.25, 0.3) is 0 Å². The number of benzene rings is 1. The van der Waals surface area contributed by atoms with Crippen molar-refractivity contribution in [2.24, 2.45) is 0 Å². The molecule has 1 aromatic rings. The standard InChI is InChI=1S/C14H20FNO3/c1-14(2,3)19-13(18)16-11(9-17)12(15)10-7-5-4-6-8-10/h4-8,11-12,17H,9H2,1-3H3,(H,16,18)/t11-,12+/m1/s1. The van der Waals surface area contributed by atoms with Crippen LogP contribution in [0.25, 0.3) is 0 Å². The van der Waals surface area contributed by atoms with Gasteiger partial charge in [-0.1, -0.05) is 30.3 Å². The van der Waals surface area contributed by atoms with Crippen LogP contribution in [0, 0.1) is 0 Å². The summed E-state index contributed by atoms with van der Waals surface area (Å²) in [6.45, 7) is 4.63. The van der Waals surface area contributed by atoms with E-state index < -0.39 is 30.5 Å². The molecule has 5 heteroatoms. The minimum Gasteiger partial charge on any atom is -0.444 e. The average molecular weight is 269 g/mol. The van der Waals surface area contributed by atoms with Crippen molar-refractivity contribution in [1.29, 1.82) is 0 Å². The lowest BCUT2D eigenvalue weighted by Crippen LogP contribution is -2.43. The van der Waals surface area contributed by atoms with Gasteiger partial charge < -0.3 is 15.2 Å². The highest BCUT2D eigenvalue weighted by Gasteiger charge is 2.26. The van der Waals surface area contributed by atoms with Gasteiger partial charge in [0.2, 0.25) is 0 Å². The SMILES string of the molecule is CC(C)(C)OC(=O)N[C@H](CO)[C@@H](F)c1ccccc1. The van der Waals surface area contributed by atoms with E-state index in [0.29, 0.717) is 5.56 Å². The molecule has 4 nitrogen and oxygen atoms in total. The highest BCUT2D eigenvalue weighted by atomic mass is 19.1. The average Bonchev–Trinajstić information content (AvgIpc) is 2.34. The van der Waals surface area contributed by atoms with Gasteiger partial charge >= 0.3 is 6.09 Å². The van der Waals surface area contributed by atoms with Gasteiger partial charge in [-0.15, -0.1) is 0 Å². The van der Waals surface area contributed by atoms with E-state index in [4.69, 9.17) is 4.74 Å². The Morgan fingerprint density at radius 3 is 2.42 bits per heavy atom. The molecule has 0 saturated heterocycles.